The molecular weight excluding hydrogens is 413 g/mol. The molecule has 5 nitrogen and oxygen atoms in total. The highest BCUT2D eigenvalue weighted by Crippen LogP contribution is 2.55. The standard InChI is InChI=1S/C11H12F9NO4S/c1-4-25-7(22)6(2)5-21(3)26(23,24)11(19,20)9(14,15)8(12,13)10(16,17)18/h2,4-5H2,1,3H3. The molecule has 154 valence electrons. The lowest BCUT2D eigenvalue weighted by atomic mass is 10.1. The van der Waals surface area contributed by atoms with Gasteiger partial charge in [0.2, 0.25) is 0 Å². The number of rotatable bonds is 8. The van der Waals surface area contributed by atoms with E-state index < -0.39 is 55.7 Å². The maximum Gasteiger partial charge on any atom is 0.460 e. The molecule has 0 bridgehead atoms. The van der Waals surface area contributed by atoms with Crippen LogP contribution in [0.15, 0.2) is 12.2 Å². The SMILES string of the molecule is C=C(CN(C)S(=O)(=O)C(F)(F)C(F)(F)C(F)(F)C(F)(F)F)C(=O)OCC. The molecule has 0 aromatic rings. The Morgan fingerprint density at radius 2 is 1.42 bits per heavy atom. The third-order valence-electron chi connectivity index (χ3n) is 2.83. The van der Waals surface area contributed by atoms with E-state index in [-0.39, 0.29) is 13.7 Å². The van der Waals surface area contributed by atoms with Crippen molar-refractivity contribution < 1.29 is 57.5 Å². The Balaban J connectivity index is 5.89. The van der Waals surface area contributed by atoms with Gasteiger partial charge in [0, 0.05) is 19.2 Å². The van der Waals surface area contributed by atoms with Crippen LogP contribution in [-0.4, -0.2) is 62.2 Å². The topological polar surface area (TPSA) is 63.7 Å². The molecule has 0 unspecified atom stereocenters. The highest BCUT2D eigenvalue weighted by molar-refractivity contribution is 7.90. The Hall–Kier alpha value is -1.51. The second-order valence-corrected chi connectivity index (χ2v) is 6.83. The van der Waals surface area contributed by atoms with Crippen LogP contribution in [0.5, 0.6) is 0 Å². The van der Waals surface area contributed by atoms with Crippen LogP contribution in [0.3, 0.4) is 0 Å². The van der Waals surface area contributed by atoms with Crippen LogP contribution in [0.1, 0.15) is 6.92 Å². The molecule has 0 aliphatic heterocycles. The van der Waals surface area contributed by atoms with E-state index in [1.165, 1.54) is 6.92 Å². The predicted molar refractivity (Wildman–Crippen MR) is 68.2 cm³/mol. The number of hydrogen-bond acceptors (Lipinski definition) is 4. The molecule has 0 spiro atoms. The molecule has 26 heavy (non-hydrogen) atoms. The summed E-state index contributed by atoms with van der Waals surface area (Å²) in [5.41, 5.74) is -0.861. The molecule has 0 amide bonds. The summed E-state index contributed by atoms with van der Waals surface area (Å²) in [6.45, 7) is 2.52. The van der Waals surface area contributed by atoms with E-state index in [4.69, 9.17) is 0 Å². The first-order valence-corrected chi connectivity index (χ1v) is 7.74. The maximum absolute atomic E-state index is 13.5. The Morgan fingerprint density at radius 1 is 1.00 bits per heavy atom. The van der Waals surface area contributed by atoms with E-state index in [0.717, 1.165) is 0 Å². The fraction of sp³-hybridized carbons (Fsp3) is 0.727. The summed E-state index contributed by atoms with van der Waals surface area (Å²) in [6.07, 6.45) is -7.16. The lowest BCUT2D eigenvalue weighted by Gasteiger charge is -2.34. The monoisotopic (exact) mass is 425 g/mol. The van der Waals surface area contributed by atoms with Crippen molar-refractivity contribution in [1.82, 2.24) is 4.31 Å². The molecule has 0 aromatic heterocycles. The number of sulfonamides is 1. The molecule has 0 saturated carbocycles. The van der Waals surface area contributed by atoms with Crippen LogP contribution < -0.4 is 0 Å². The van der Waals surface area contributed by atoms with Gasteiger partial charge in [-0.15, -0.1) is 0 Å². The minimum atomic E-state index is -7.37. The van der Waals surface area contributed by atoms with Crippen LogP contribution >= 0.6 is 0 Å². The molecule has 0 rings (SSSR count). The van der Waals surface area contributed by atoms with Gasteiger partial charge in [-0.1, -0.05) is 6.58 Å². The fourth-order valence-electron chi connectivity index (χ4n) is 1.37. The van der Waals surface area contributed by atoms with Gasteiger partial charge in [0.05, 0.1) is 6.61 Å². The van der Waals surface area contributed by atoms with E-state index in [1.54, 1.807) is 0 Å². The molecule has 0 atom stereocenters. The Labute approximate surface area is 141 Å². The van der Waals surface area contributed by atoms with Crippen molar-refractivity contribution in [2.75, 3.05) is 20.2 Å². The van der Waals surface area contributed by atoms with Crippen molar-refractivity contribution in [2.24, 2.45) is 0 Å². The zero-order chi connectivity index (χ0) is 21.4. The molecule has 0 aromatic carbocycles. The average molecular weight is 425 g/mol. The number of carbonyl (C=O) groups excluding carboxylic acids is 1. The number of alkyl halides is 9. The largest absolute Gasteiger partial charge is 0.463 e. The third-order valence-corrected chi connectivity index (χ3v) is 4.68. The van der Waals surface area contributed by atoms with Gasteiger partial charge in [-0.2, -0.15) is 43.8 Å². The second-order valence-electron chi connectivity index (χ2n) is 4.75. The van der Waals surface area contributed by atoms with Crippen LogP contribution in [0.4, 0.5) is 39.5 Å². The summed E-state index contributed by atoms with van der Waals surface area (Å²) >= 11 is 0. The highest BCUT2D eigenvalue weighted by Gasteiger charge is 2.85. The predicted octanol–water partition coefficient (Wildman–Crippen LogP) is 2.79. The number of nitrogens with zero attached hydrogens (tertiary/aromatic N) is 1. The van der Waals surface area contributed by atoms with Crippen molar-refractivity contribution in [2.45, 2.75) is 30.2 Å². The number of halogens is 9. The zero-order valence-corrected chi connectivity index (χ0v) is 13.8. The van der Waals surface area contributed by atoms with Crippen molar-refractivity contribution in [1.29, 1.82) is 0 Å². The lowest BCUT2D eigenvalue weighted by Crippen LogP contribution is -2.65. The summed E-state index contributed by atoms with van der Waals surface area (Å²) in [5, 5.41) is -6.87. The first-order chi connectivity index (χ1) is 11.3. The quantitative estimate of drug-likeness (QED) is 0.341. The molecule has 0 fully saturated rings. The molecule has 0 aliphatic carbocycles. The Kier molecular flexibility index (Phi) is 6.83. The van der Waals surface area contributed by atoms with Crippen molar-refractivity contribution in [3.63, 3.8) is 0 Å². The van der Waals surface area contributed by atoms with Crippen molar-refractivity contribution >= 4 is 16.0 Å². The summed E-state index contributed by atoms with van der Waals surface area (Å²) in [5.74, 6) is -16.0. The second kappa shape index (κ2) is 7.25. The van der Waals surface area contributed by atoms with Crippen molar-refractivity contribution in [3.05, 3.63) is 12.2 Å². The zero-order valence-electron chi connectivity index (χ0n) is 13.0. The van der Waals surface area contributed by atoms with Gasteiger partial charge in [-0.3, -0.25) is 0 Å². The maximum atomic E-state index is 13.5. The van der Waals surface area contributed by atoms with Gasteiger partial charge in [0.15, 0.2) is 0 Å². The van der Waals surface area contributed by atoms with E-state index in [9.17, 15) is 52.7 Å². The minimum absolute atomic E-state index is 0.148. The van der Waals surface area contributed by atoms with Crippen LogP contribution in [0.2, 0.25) is 0 Å². The van der Waals surface area contributed by atoms with Crippen LogP contribution in [-0.2, 0) is 19.6 Å². The van der Waals surface area contributed by atoms with Crippen molar-refractivity contribution in [3.8, 4) is 0 Å². The highest BCUT2D eigenvalue weighted by atomic mass is 32.2. The van der Waals surface area contributed by atoms with E-state index in [2.05, 4.69) is 11.3 Å². The van der Waals surface area contributed by atoms with Gasteiger partial charge in [-0.05, 0) is 6.92 Å². The molecule has 0 saturated heterocycles. The first kappa shape index (κ1) is 24.5. The van der Waals surface area contributed by atoms with E-state index >= 15 is 0 Å². The van der Waals surface area contributed by atoms with E-state index in [0.29, 0.717) is 0 Å². The van der Waals surface area contributed by atoms with Gasteiger partial charge in [0.25, 0.3) is 10.0 Å². The summed E-state index contributed by atoms with van der Waals surface area (Å²) in [7, 11) is -6.63. The van der Waals surface area contributed by atoms with E-state index in [1.807, 2.05) is 0 Å². The fourth-order valence-corrected chi connectivity index (χ4v) is 2.54. The van der Waals surface area contributed by atoms with Gasteiger partial charge < -0.3 is 4.74 Å². The molecule has 15 heteroatoms. The number of esters is 1. The van der Waals surface area contributed by atoms with Gasteiger partial charge >= 0.3 is 29.2 Å². The summed E-state index contributed by atoms with van der Waals surface area (Å²) in [4.78, 5) is 11.2. The van der Waals surface area contributed by atoms with Crippen LogP contribution in [0, 0.1) is 0 Å². The minimum Gasteiger partial charge on any atom is -0.463 e. The Bertz CT molecular complexity index is 657. The van der Waals surface area contributed by atoms with Crippen LogP contribution in [0.25, 0.3) is 0 Å². The number of ether oxygens (including phenoxy) is 1. The normalized spacial score (nSPS) is 14.5. The molecule has 0 aliphatic rings. The number of hydrogen-bond donors (Lipinski definition) is 0. The average Bonchev–Trinajstić information content (AvgIpc) is 2.45. The molecule has 0 radical (unpaired) electrons. The van der Waals surface area contributed by atoms with Gasteiger partial charge in [0.1, 0.15) is 0 Å². The Morgan fingerprint density at radius 3 is 1.77 bits per heavy atom. The molecular formula is C11H12F9NO4S. The number of carbonyl (C=O) groups is 1. The summed E-state index contributed by atoms with van der Waals surface area (Å²) in [6, 6.07) is 0. The van der Waals surface area contributed by atoms with Gasteiger partial charge in [-0.25, -0.2) is 13.2 Å². The summed E-state index contributed by atoms with van der Waals surface area (Å²) < 4.78 is 142. The smallest absolute Gasteiger partial charge is 0.460 e. The third kappa shape index (κ3) is 3.92. The molecule has 0 N–H and O–H groups in total. The first-order valence-electron chi connectivity index (χ1n) is 6.30. The lowest BCUT2D eigenvalue weighted by molar-refractivity contribution is -0.382. The molecule has 0 heterocycles. The number of likely N-dealkylation sites (N-methyl/N-ethyl adjacent to an activating group) is 1.